The van der Waals surface area contributed by atoms with Crippen LogP contribution >= 0.6 is 11.3 Å². The fraction of sp³-hybridized carbons (Fsp3) is 0.615. The van der Waals surface area contributed by atoms with Crippen molar-refractivity contribution in [2.45, 2.75) is 45.2 Å². The Morgan fingerprint density at radius 3 is 2.76 bits per heavy atom. The molecule has 0 amide bonds. The summed E-state index contributed by atoms with van der Waals surface area (Å²) in [6.45, 7) is 4.75. The Balaban J connectivity index is 2.15. The molecule has 1 aliphatic carbocycles. The third-order valence-corrected chi connectivity index (χ3v) is 4.89. The number of carboxylic acids is 1. The first-order valence-corrected chi connectivity index (χ1v) is 6.87. The third kappa shape index (κ3) is 2.11. The highest BCUT2D eigenvalue weighted by atomic mass is 32.1. The van der Waals surface area contributed by atoms with Crippen LogP contribution in [-0.4, -0.2) is 16.6 Å². The fourth-order valence-corrected chi connectivity index (χ4v) is 3.44. The van der Waals surface area contributed by atoms with Gasteiger partial charge in [0.25, 0.3) is 0 Å². The van der Waals surface area contributed by atoms with Gasteiger partial charge in [-0.15, -0.1) is 11.3 Å². The summed E-state index contributed by atoms with van der Waals surface area (Å²) in [4.78, 5) is 12.8. The van der Waals surface area contributed by atoms with E-state index in [1.165, 1.54) is 4.88 Å². The first-order valence-electron chi connectivity index (χ1n) is 5.99. The molecule has 0 aromatic carbocycles. The Hall–Kier alpha value is -0.870. The highest BCUT2D eigenvalue weighted by Crippen LogP contribution is 2.46. The van der Waals surface area contributed by atoms with Crippen molar-refractivity contribution in [2.24, 2.45) is 5.41 Å². The SMILES string of the molecule is CC1(C)CCCC1(NCc1cccs1)C(=O)O. The van der Waals surface area contributed by atoms with E-state index in [2.05, 4.69) is 19.2 Å². The molecule has 0 saturated heterocycles. The maximum Gasteiger partial charge on any atom is 0.324 e. The Morgan fingerprint density at radius 1 is 1.53 bits per heavy atom. The number of nitrogens with one attached hydrogen (secondary N) is 1. The van der Waals surface area contributed by atoms with Crippen LogP contribution < -0.4 is 5.32 Å². The number of carbonyl (C=O) groups is 1. The Kier molecular flexibility index (Phi) is 3.27. The van der Waals surface area contributed by atoms with Gasteiger partial charge < -0.3 is 5.11 Å². The number of hydrogen-bond donors (Lipinski definition) is 2. The fourth-order valence-electron chi connectivity index (χ4n) is 2.80. The molecule has 1 unspecified atom stereocenters. The van der Waals surface area contributed by atoms with E-state index in [-0.39, 0.29) is 5.41 Å². The van der Waals surface area contributed by atoms with Crippen LogP contribution in [0.5, 0.6) is 0 Å². The van der Waals surface area contributed by atoms with Gasteiger partial charge in [-0.2, -0.15) is 0 Å². The van der Waals surface area contributed by atoms with Gasteiger partial charge >= 0.3 is 5.97 Å². The maximum atomic E-state index is 11.6. The van der Waals surface area contributed by atoms with E-state index < -0.39 is 11.5 Å². The molecule has 1 saturated carbocycles. The lowest BCUT2D eigenvalue weighted by molar-refractivity contribution is -0.149. The number of carboxylic acid groups (broad SMARTS) is 1. The van der Waals surface area contributed by atoms with Crippen molar-refractivity contribution >= 4 is 17.3 Å². The maximum absolute atomic E-state index is 11.6. The molecule has 1 aliphatic rings. The minimum absolute atomic E-state index is 0.184. The van der Waals surface area contributed by atoms with E-state index in [1.807, 2.05) is 17.5 Å². The van der Waals surface area contributed by atoms with Gasteiger partial charge in [-0.25, -0.2) is 0 Å². The molecule has 2 N–H and O–H groups in total. The van der Waals surface area contributed by atoms with Crippen LogP contribution in [0.1, 0.15) is 38.0 Å². The van der Waals surface area contributed by atoms with E-state index >= 15 is 0 Å². The lowest BCUT2D eigenvalue weighted by Gasteiger charge is -2.38. The highest BCUT2D eigenvalue weighted by molar-refractivity contribution is 7.09. The smallest absolute Gasteiger partial charge is 0.324 e. The van der Waals surface area contributed by atoms with Gasteiger partial charge in [-0.1, -0.05) is 26.3 Å². The number of thiophene rings is 1. The number of hydrogen-bond acceptors (Lipinski definition) is 3. The summed E-state index contributed by atoms with van der Waals surface area (Å²) in [5.74, 6) is -0.712. The predicted octanol–water partition coefficient (Wildman–Crippen LogP) is 2.87. The van der Waals surface area contributed by atoms with Gasteiger partial charge in [-0.05, 0) is 29.7 Å². The molecule has 0 spiro atoms. The van der Waals surface area contributed by atoms with Crippen LogP contribution in [0.25, 0.3) is 0 Å². The summed E-state index contributed by atoms with van der Waals surface area (Å²) in [5.41, 5.74) is -0.951. The Labute approximate surface area is 106 Å². The van der Waals surface area contributed by atoms with Crippen molar-refractivity contribution in [1.82, 2.24) is 5.32 Å². The molecule has 1 fully saturated rings. The van der Waals surface area contributed by atoms with Crippen LogP contribution in [0.2, 0.25) is 0 Å². The standard InChI is InChI=1S/C13H19NO2S/c1-12(2)6-4-7-13(12,11(15)16)14-9-10-5-3-8-17-10/h3,5,8,14H,4,6-7,9H2,1-2H3,(H,15,16). The molecule has 17 heavy (non-hydrogen) atoms. The van der Waals surface area contributed by atoms with Crippen LogP contribution in [-0.2, 0) is 11.3 Å². The zero-order valence-corrected chi connectivity index (χ0v) is 11.1. The molecular formula is C13H19NO2S. The predicted molar refractivity (Wildman–Crippen MR) is 69.2 cm³/mol. The van der Waals surface area contributed by atoms with Crippen molar-refractivity contribution in [3.05, 3.63) is 22.4 Å². The largest absolute Gasteiger partial charge is 0.480 e. The normalized spacial score (nSPS) is 27.2. The number of rotatable bonds is 4. The van der Waals surface area contributed by atoms with Gasteiger partial charge in [0, 0.05) is 11.4 Å². The van der Waals surface area contributed by atoms with Gasteiger partial charge in [0.15, 0.2) is 0 Å². The van der Waals surface area contributed by atoms with Gasteiger partial charge in [-0.3, -0.25) is 10.1 Å². The van der Waals surface area contributed by atoms with Crippen LogP contribution in [0, 0.1) is 5.41 Å². The Bertz CT molecular complexity index is 400. The van der Waals surface area contributed by atoms with E-state index in [1.54, 1.807) is 11.3 Å². The van der Waals surface area contributed by atoms with Gasteiger partial charge in [0.1, 0.15) is 5.54 Å². The molecular weight excluding hydrogens is 234 g/mol. The highest BCUT2D eigenvalue weighted by Gasteiger charge is 2.54. The molecule has 4 heteroatoms. The molecule has 0 aliphatic heterocycles. The van der Waals surface area contributed by atoms with E-state index in [4.69, 9.17) is 0 Å². The minimum Gasteiger partial charge on any atom is -0.480 e. The monoisotopic (exact) mass is 253 g/mol. The van der Waals surface area contributed by atoms with Gasteiger partial charge in [0.05, 0.1) is 0 Å². The zero-order chi connectivity index (χ0) is 12.5. The molecule has 1 heterocycles. The van der Waals surface area contributed by atoms with Crippen LogP contribution in [0.15, 0.2) is 17.5 Å². The minimum atomic E-state index is -0.767. The molecule has 3 nitrogen and oxygen atoms in total. The first-order chi connectivity index (χ1) is 7.98. The average Bonchev–Trinajstić information content (AvgIpc) is 2.83. The molecule has 2 rings (SSSR count). The lowest BCUT2D eigenvalue weighted by Crippen LogP contribution is -2.58. The first kappa shape index (κ1) is 12.6. The van der Waals surface area contributed by atoms with Crippen molar-refractivity contribution in [2.75, 3.05) is 0 Å². The summed E-state index contributed by atoms with van der Waals surface area (Å²) in [6.07, 6.45) is 2.67. The summed E-state index contributed by atoms with van der Waals surface area (Å²) in [5, 5.41) is 14.9. The summed E-state index contributed by atoms with van der Waals surface area (Å²) in [7, 11) is 0. The van der Waals surface area contributed by atoms with Crippen LogP contribution in [0.4, 0.5) is 0 Å². The quantitative estimate of drug-likeness (QED) is 0.867. The van der Waals surface area contributed by atoms with Crippen molar-refractivity contribution in [1.29, 1.82) is 0 Å². The summed E-state index contributed by atoms with van der Waals surface area (Å²) in [6, 6.07) is 4.03. The van der Waals surface area contributed by atoms with Crippen molar-refractivity contribution in [3.63, 3.8) is 0 Å². The summed E-state index contributed by atoms with van der Waals surface area (Å²) >= 11 is 1.66. The second-order valence-corrected chi connectivity index (χ2v) is 6.41. The Morgan fingerprint density at radius 2 is 2.29 bits per heavy atom. The average molecular weight is 253 g/mol. The third-order valence-electron chi connectivity index (χ3n) is 4.02. The molecule has 1 atom stereocenters. The molecule has 1 aromatic heterocycles. The molecule has 0 bridgehead atoms. The van der Waals surface area contributed by atoms with E-state index in [0.29, 0.717) is 6.54 Å². The molecule has 94 valence electrons. The van der Waals surface area contributed by atoms with Gasteiger partial charge in [0.2, 0.25) is 0 Å². The van der Waals surface area contributed by atoms with Crippen molar-refractivity contribution < 1.29 is 9.90 Å². The number of aliphatic carboxylic acids is 1. The summed E-state index contributed by atoms with van der Waals surface area (Å²) < 4.78 is 0. The molecule has 0 radical (unpaired) electrons. The van der Waals surface area contributed by atoms with E-state index in [9.17, 15) is 9.90 Å². The lowest BCUT2D eigenvalue weighted by atomic mass is 9.75. The van der Waals surface area contributed by atoms with Crippen molar-refractivity contribution in [3.8, 4) is 0 Å². The second-order valence-electron chi connectivity index (χ2n) is 5.38. The van der Waals surface area contributed by atoms with E-state index in [0.717, 1.165) is 19.3 Å². The topological polar surface area (TPSA) is 49.3 Å². The second kappa shape index (κ2) is 4.42. The molecule has 1 aromatic rings. The zero-order valence-electron chi connectivity index (χ0n) is 10.3. The van der Waals surface area contributed by atoms with Crippen LogP contribution in [0.3, 0.4) is 0 Å².